The zero-order valence-electron chi connectivity index (χ0n) is 11.4. The zero-order valence-corrected chi connectivity index (χ0v) is 12.2. The topological polar surface area (TPSA) is 32.3 Å². The summed E-state index contributed by atoms with van der Waals surface area (Å²) in [5, 5.41) is 2.91. The second-order valence-electron chi connectivity index (χ2n) is 4.06. The molecule has 1 rings (SSSR count). The summed E-state index contributed by atoms with van der Waals surface area (Å²) in [6, 6.07) is 8.01. The van der Waals surface area contributed by atoms with Crippen LogP contribution in [0.1, 0.15) is 26.3 Å². The minimum atomic E-state index is 0. The van der Waals surface area contributed by atoms with Crippen molar-refractivity contribution in [3.05, 3.63) is 29.8 Å². The molecular formula is C14H23ClN2O. The Hall–Kier alpha value is -1.06. The third-order valence-electron chi connectivity index (χ3n) is 2.91. The van der Waals surface area contributed by atoms with Crippen LogP contribution in [0.2, 0.25) is 0 Å². The Bertz CT molecular complexity index is 347. The number of likely N-dealkylation sites (N-methyl/N-ethyl adjacent to an activating group) is 1. The molecule has 0 spiro atoms. The van der Waals surface area contributed by atoms with E-state index in [1.165, 1.54) is 5.56 Å². The van der Waals surface area contributed by atoms with Gasteiger partial charge in [0.15, 0.2) is 0 Å². The predicted octanol–water partition coefficient (Wildman–Crippen LogP) is 2.95. The van der Waals surface area contributed by atoms with Gasteiger partial charge in [0.1, 0.15) is 0 Å². The molecule has 1 aromatic carbocycles. The van der Waals surface area contributed by atoms with Gasteiger partial charge in [0.2, 0.25) is 5.91 Å². The maximum absolute atomic E-state index is 11.7. The molecule has 102 valence electrons. The van der Waals surface area contributed by atoms with Gasteiger partial charge in [-0.05, 0) is 37.2 Å². The lowest BCUT2D eigenvalue weighted by Gasteiger charge is -2.17. The lowest BCUT2D eigenvalue weighted by Crippen LogP contribution is -2.32. The summed E-state index contributed by atoms with van der Waals surface area (Å²) in [4.78, 5) is 13.8. The number of hydrogen-bond acceptors (Lipinski definition) is 2. The van der Waals surface area contributed by atoms with Crippen molar-refractivity contribution in [1.29, 1.82) is 0 Å². The molecule has 3 nitrogen and oxygen atoms in total. The van der Waals surface area contributed by atoms with Gasteiger partial charge in [0.05, 0.1) is 6.54 Å². The molecule has 0 aliphatic carbocycles. The summed E-state index contributed by atoms with van der Waals surface area (Å²) >= 11 is 0. The van der Waals surface area contributed by atoms with Gasteiger partial charge in [0, 0.05) is 5.69 Å². The Balaban J connectivity index is 0.00000289. The highest BCUT2D eigenvalue weighted by Crippen LogP contribution is 2.09. The average molecular weight is 271 g/mol. The van der Waals surface area contributed by atoms with Gasteiger partial charge in [-0.1, -0.05) is 32.9 Å². The van der Waals surface area contributed by atoms with Crippen LogP contribution in [-0.2, 0) is 11.2 Å². The largest absolute Gasteiger partial charge is 0.325 e. The number of carbonyl (C=O) groups is 1. The van der Waals surface area contributed by atoms with Crippen LogP contribution in [0, 0.1) is 0 Å². The van der Waals surface area contributed by atoms with Gasteiger partial charge in [-0.3, -0.25) is 9.69 Å². The fourth-order valence-electron chi connectivity index (χ4n) is 1.67. The molecule has 0 radical (unpaired) electrons. The van der Waals surface area contributed by atoms with Crippen LogP contribution in [-0.4, -0.2) is 30.4 Å². The Labute approximate surface area is 116 Å². The van der Waals surface area contributed by atoms with Crippen molar-refractivity contribution in [3.8, 4) is 0 Å². The number of hydrogen-bond donors (Lipinski definition) is 1. The third kappa shape index (κ3) is 5.52. The van der Waals surface area contributed by atoms with E-state index in [1.54, 1.807) is 0 Å². The van der Waals surface area contributed by atoms with E-state index < -0.39 is 0 Å². The van der Waals surface area contributed by atoms with E-state index >= 15 is 0 Å². The van der Waals surface area contributed by atoms with Gasteiger partial charge >= 0.3 is 0 Å². The van der Waals surface area contributed by atoms with Crippen LogP contribution in [0.25, 0.3) is 0 Å². The monoisotopic (exact) mass is 270 g/mol. The average Bonchev–Trinajstić information content (AvgIpc) is 2.37. The fraction of sp³-hybridized carbons (Fsp3) is 0.500. The Morgan fingerprint density at radius 3 is 2.11 bits per heavy atom. The first-order chi connectivity index (χ1) is 8.19. The number of aryl methyl sites for hydroxylation is 1. The molecule has 0 saturated heterocycles. The first-order valence-corrected chi connectivity index (χ1v) is 6.30. The number of halogens is 1. The number of anilines is 1. The standard InChI is InChI=1S/C14H22N2O.ClH/c1-4-12-7-9-13(10-8-12)15-14(17)11-16(5-2)6-3;/h7-10H,4-6,11H2,1-3H3,(H,15,17);1H. The van der Waals surface area contributed by atoms with Gasteiger partial charge in [0.25, 0.3) is 0 Å². The minimum absolute atomic E-state index is 0. The minimum Gasteiger partial charge on any atom is -0.325 e. The van der Waals surface area contributed by atoms with E-state index in [2.05, 4.69) is 31.0 Å². The smallest absolute Gasteiger partial charge is 0.238 e. The van der Waals surface area contributed by atoms with E-state index in [-0.39, 0.29) is 18.3 Å². The molecule has 0 heterocycles. The normalized spacial score (nSPS) is 10.0. The molecule has 4 heteroatoms. The lowest BCUT2D eigenvalue weighted by atomic mass is 10.1. The highest BCUT2D eigenvalue weighted by atomic mass is 35.5. The molecular weight excluding hydrogens is 248 g/mol. The molecule has 1 amide bonds. The highest BCUT2D eigenvalue weighted by molar-refractivity contribution is 5.92. The maximum Gasteiger partial charge on any atom is 0.238 e. The summed E-state index contributed by atoms with van der Waals surface area (Å²) in [6.07, 6.45) is 1.02. The van der Waals surface area contributed by atoms with E-state index in [4.69, 9.17) is 0 Å². The number of rotatable bonds is 6. The summed E-state index contributed by atoms with van der Waals surface area (Å²) in [7, 11) is 0. The van der Waals surface area contributed by atoms with E-state index in [0.717, 1.165) is 25.2 Å². The van der Waals surface area contributed by atoms with E-state index in [9.17, 15) is 4.79 Å². The third-order valence-corrected chi connectivity index (χ3v) is 2.91. The van der Waals surface area contributed by atoms with Crippen molar-refractivity contribution >= 4 is 24.0 Å². The molecule has 0 aliphatic rings. The van der Waals surface area contributed by atoms with Crippen LogP contribution in [0.15, 0.2) is 24.3 Å². The number of carbonyl (C=O) groups excluding carboxylic acids is 1. The van der Waals surface area contributed by atoms with E-state index in [1.807, 2.05) is 24.3 Å². The Morgan fingerprint density at radius 2 is 1.67 bits per heavy atom. The van der Waals surface area contributed by atoms with E-state index in [0.29, 0.717) is 6.54 Å². The number of amides is 1. The quantitative estimate of drug-likeness (QED) is 0.862. The van der Waals surface area contributed by atoms with Crippen LogP contribution in [0.3, 0.4) is 0 Å². The van der Waals surface area contributed by atoms with Crippen LogP contribution >= 0.6 is 12.4 Å². The lowest BCUT2D eigenvalue weighted by molar-refractivity contribution is -0.117. The summed E-state index contributed by atoms with van der Waals surface area (Å²) in [6.45, 7) is 8.51. The first-order valence-electron chi connectivity index (χ1n) is 6.30. The van der Waals surface area contributed by atoms with Crippen molar-refractivity contribution < 1.29 is 4.79 Å². The SMILES string of the molecule is CCc1ccc(NC(=O)CN(CC)CC)cc1.Cl. The van der Waals surface area contributed by atoms with Gasteiger partial charge < -0.3 is 5.32 Å². The molecule has 0 atom stereocenters. The molecule has 0 aliphatic heterocycles. The number of nitrogens with zero attached hydrogens (tertiary/aromatic N) is 1. The van der Waals surface area contributed by atoms with Crippen LogP contribution < -0.4 is 5.32 Å². The van der Waals surface area contributed by atoms with Crippen molar-refractivity contribution in [3.63, 3.8) is 0 Å². The van der Waals surface area contributed by atoms with Crippen molar-refractivity contribution in [2.75, 3.05) is 25.0 Å². The Kier molecular flexibility index (Phi) is 8.42. The van der Waals surface area contributed by atoms with Crippen LogP contribution in [0.5, 0.6) is 0 Å². The molecule has 1 N–H and O–H groups in total. The zero-order chi connectivity index (χ0) is 12.7. The second-order valence-corrected chi connectivity index (χ2v) is 4.06. The summed E-state index contributed by atoms with van der Waals surface area (Å²) < 4.78 is 0. The Morgan fingerprint density at radius 1 is 1.11 bits per heavy atom. The van der Waals surface area contributed by atoms with Crippen molar-refractivity contribution in [2.45, 2.75) is 27.2 Å². The van der Waals surface area contributed by atoms with Gasteiger partial charge in [-0.15, -0.1) is 12.4 Å². The molecule has 0 fully saturated rings. The molecule has 0 aromatic heterocycles. The highest BCUT2D eigenvalue weighted by Gasteiger charge is 2.07. The maximum atomic E-state index is 11.7. The molecule has 1 aromatic rings. The molecule has 0 unspecified atom stereocenters. The number of nitrogens with one attached hydrogen (secondary N) is 1. The van der Waals surface area contributed by atoms with Crippen molar-refractivity contribution in [1.82, 2.24) is 4.90 Å². The van der Waals surface area contributed by atoms with Gasteiger partial charge in [-0.2, -0.15) is 0 Å². The summed E-state index contributed by atoms with van der Waals surface area (Å²) in [5.41, 5.74) is 2.16. The predicted molar refractivity (Wildman–Crippen MR) is 79.5 cm³/mol. The van der Waals surface area contributed by atoms with Crippen LogP contribution in [0.4, 0.5) is 5.69 Å². The van der Waals surface area contributed by atoms with Gasteiger partial charge in [-0.25, -0.2) is 0 Å². The fourth-order valence-corrected chi connectivity index (χ4v) is 1.67. The first kappa shape index (κ1) is 16.9. The summed E-state index contributed by atoms with van der Waals surface area (Å²) in [5.74, 6) is 0.0537. The number of benzene rings is 1. The molecule has 0 bridgehead atoms. The second kappa shape index (κ2) is 8.95. The molecule has 0 saturated carbocycles. The van der Waals surface area contributed by atoms with Crippen molar-refractivity contribution in [2.24, 2.45) is 0 Å². The molecule has 18 heavy (non-hydrogen) atoms.